The molecule has 0 fully saturated rings. The van der Waals surface area contributed by atoms with Gasteiger partial charge in [0.2, 0.25) is 0 Å². The van der Waals surface area contributed by atoms with Crippen LogP contribution >= 0.6 is 0 Å². The van der Waals surface area contributed by atoms with Crippen LogP contribution in [0.15, 0.2) is 18.3 Å². The Balaban J connectivity index is 0.000000461. The monoisotopic (exact) mass is 190 g/mol. The van der Waals surface area contributed by atoms with Gasteiger partial charge in [0.05, 0.1) is 11.9 Å². The molecule has 0 saturated carbocycles. The molecular weight excluding hydrogens is 172 g/mol. The van der Waals surface area contributed by atoms with E-state index in [0.29, 0.717) is 5.92 Å². The Morgan fingerprint density at radius 1 is 1.21 bits per heavy atom. The van der Waals surface area contributed by atoms with Crippen LogP contribution < -0.4 is 0 Å². The lowest BCUT2D eigenvalue weighted by molar-refractivity contribution is 0.759. The Labute approximate surface area is 85.9 Å². The summed E-state index contributed by atoms with van der Waals surface area (Å²) in [4.78, 5) is 0. The van der Waals surface area contributed by atoms with E-state index < -0.39 is 0 Å². The van der Waals surface area contributed by atoms with Crippen LogP contribution in [0.1, 0.15) is 32.0 Å². The molecule has 1 aliphatic rings. The average molecular weight is 190 g/mol. The van der Waals surface area contributed by atoms with Crippen molar-refractivity contribution in [3.63, 3.8) is 0 Å². The summed E-state index contributed by atoms with van der Waals surface area (Å²) >= 11 is 0. The summed E-state index contributed by atoms with van der Waals surface area (Å²) in [5, 5.41) is 4.18. The van der Waals surface area contributed by atoms with E-state index in [9.17, 15) is 0 Å². The molecule has 0 spiro atoms. The van der Waals surface area contributed by atoms with Crippen molar-refractivity contribution < 1.29 is 0 Å². The van der Waals surface area contributed by atoms with E-state index in [2.05, 4.69) is 36.3 Å². The molecule has 1 aromatic rings. The highest BCUT2D eigenvalue weighted by molar-refractivity contribution is 5.64. The van der Waals surface area contributed by atoms with Gasteiger partial charge < -0.3 is 0 Å². The summed E-state index contributed by atoms with van der Waals surface area (Å²) in [5.41, 5.74) is 2.40. The highest BCUT2D eigenvalue weighted by atomic mass is 15.3. The van der Waals surface area contributed by atoms with Gasteiger partial charge in [-0.3, -0.25) is 4.68 Å². The molecule has 0 N–H and O–H groups in total. The lowest BCUT2D eigenvalue weighted by Crippen LogP contribution is -1.92. The standard InChI is InChI=1S/C10H12N2.C2H6/c1-8-3-5-9-7-11-12(2)10(9)6-4-8;1-2/h3-8H,1-2H3;1-2H3. The molecular formula is C12H18N2. The minimum absolute atomic E-state index is 0.525. The number of hydrogen-bond donors (Lipinski definition) is 0. The number of rotatable bonds is 0. The minimum atomic E-state index is 0.525. The first-order chi connectivity index (χ1) is 6.77. The zero-order valence-electron chi connectivity index (χ0n) is 9.36. The van der Waals surface area contributed by atoms with Crippen molar-refractivity contribution in [1.82, 2.24) is 9.78 Å². The zero-order valence-corrected chi connectivity index (χ0v) is 9.36. The lowest BCUT2D eigenvalue weighted by atomic mass is 10.2. The van der Waals surface area contributed by atoms with Crippen molar-refractivity contribution in [3.05, 3.63) is 29.6 Å². The molecule has 76 valence electrons. The number of aromatic nitrogens is 2. The van der Waals surface area contributed by atoms with Crippen LogP contribution in [-0.2, 0) is 7.05 Å². The Bertz CT molecular complexity index is 345. The number of nitrogens with zero attached hydrogens (tertiary/aromatic N) is 2. The highest BCUT2D eigenvalue weighted by Crippen LogP contribution is 2.18. The largest absolute Gasteiger partial charge is 0.268 e. The normalized spacial score (nSPS) is 18.1. The van der Waals surface area contributed by atoms with Gasteiger partial charge in [-0.25, -0.2) is 0 Å². The minimum Gasteiger partial charge on any atom is -0.268 e. The van der Waals surface area contributed by atoms with Gasteiger partial charge in [0, 0.05) is 12.6 Å². The first-order valence-corrected chi connectivity index (χ1v) is 5.16. The number of allylic oxidation sites excluding steroid dienone is 2. The smallest absolute Gasteiger partial charge is 0.0675 e. The van der Waals surface area contributed by atoms with E-state index in [1.54, 1.807) is 0 Å². The second-order valence-electron chi connectivity index (χ2n) is 3.19. The van der Waals surface area contributed by atoms with E-state index in [-0.39, 0.29) is 0 Å². The highest BCUT2D eigenvalue weighted by Gasteiger charge is 2.05. The predicted molar refractivity (Wildman–Crippen MR) is 61.8 cm³/mol. The van der Waals surface area contributed by atoms with Gasteiger partial charge in [-0.2, -0.15) is 5.10 Å². The van der Waals surface area contributed by atoms with Crippen molar-refractivity contribution in [1.29, 1.82) is 0 Å². The van der Waals surface area contributed by atoms with Gasteiger partial charge in [0.1, 0.15) is 0 Å². The Morgan fingerprint density at radius 2 is 1.86 bits per heavy atom. The predicted octanol–water partition coefficient (Wildman–Crippen LogP) is 3.12. The molecule has 2 heteroatoms. The van der Waals surface area contributed by atoms with Crippen LogP contribution in [0, 0.1) is 5.92 Å². The molecule has 1 unspecified atom stereocenters. The third-order valence-electron chi connectivity index (χ3n) is 2.15. The second-order valence-corrected chi connectivity index (χ2v) is 3.19. The summed E-state index contributed by atoms with van der Waals surface area (Å²) in [7, 11) is 1.97. The van der Waals surface area contributed by atoms with Gasteiger partial charge in [-0.05, 0) is 12.0 Å². The van der Waals surface area contributed by atoms with Crippen molar-refractivity contribution >= 4 is 12.2 Å². The maximum atomic E-state index is 4.18. The summed E-state index contributed by atoms with van der Waals surface area (Å²) in [6.45, 7) is 6.17. The van der Waals surface area contributed by atoms with Crippen molar-refractivity contribution in [3.8, 4) is 0 Å². The van der Waals surface area contributed by atoms with Crippen LogP contribution in [-0.4, -0.2) is 9.78 Å². The van der Waals surface area contributed by atoms with Gasteiger partial charge in [-0.1, -0.05) is 39.0 Å². The fourth-order valence-corrected chi connectivity index (χ4v) is 1.36. The Morgan fingerprint density at radius 3 is 2.57 bits per heavy atom. The summed E-state index contributed by atoms with van der Waals surface area (Å²) in [6.07, 6.45) is 10.5. The topological polar surface area (TPSA) is 17.8 Å². The SMILES string of the molecule is CC.CC1C=Cc2cnn(C)c2C=C1. The number of fused-ring (bicyclic) bond motifs is 1. The van der Waals surface area contributed by atoms with Crippen molar-refractivity contribution in [2.45, 2.75) is 20.8 Å². The Hall–Kier alpha value is -1.31. The molecule has 0 amide bonds. The van der Waals surface area contributed by atoms with Gasteiger partial charge >= 0.3 is 0 Å². The lowest BCUT2D eigenvalue weighted by Gasteiger charge is -1.94. The van der Waals surface area contributed by atoms with E-state index in [0.717, 1.165) is 0 Å². The van der Waals surface area contributed by atoms with Crippen LogP contribution in [0.3, 0.4) is 0 Å². The molecule has 0 aliphatic heterocycles. The van der Waals surface area contributed by atoms with E-state index in [4.69, 9.17) is 0 Å². The molecule has 2 nitrogen and oxygen atoms in total. The van der Waals surface area contributed by atoms with Crippen LogP contribution in [0.5, 0.6) is 0 Å². The van der Waals surface area contributed by atoms with Gasteiger partial charge in [0.25, 0.3) is 0 Å². The van der Waals surface area contributed by atoms with E-state index in [1.165, 1.54) is 11.3 Å². The number of aryl methyl sites for hydroxylation is 1. The number of hydrogen-bond acceptors (Lipinski definition) is 1. The summed E-state index contributed by atoms with van der Waals surface area (Å²) < 4.78 is 1.90. The average Bonchev–Trinajstić information content (AvgIpc) is 2.45. The van der Waals surface area contributed by atoms with Gasteiger partial charge in [-0.15, -0.1) is 0 Å². The molecule has 1 atom stereocenters. The zero-order chi connectivity index (χ0) is 10.6. The summed E-state index contributed by atoms with van der Waals surface area (Å²) in [6, 6.07) is 0. The molecule has 0 bridgehead atoms. The van der Waals surface area contributed by atoms with Crippen LogP contribution in [0.25, 0.3) is 12.2 Å². The molecule has 0 radical (unpaired) electrons. The first kappa shape index (κ1) is 10.8. The Kier molecular flexibility index (Phi) is 3.69. The molecule has 1 aliphatic carbocycles. The van der Waals surface area contributed by atoms with E-state index in [1.807, 2.05) is 31.8 Å². The molecule has 2 rings (SSSR count). The van der Waals surface area contributed by atoms with Gasteiger partial charge in [0.15, 0.2) is 0 Å². The molecule has 14 heavy (non-hydrogen) atoms. The molecule has 1 heterocycles. The fourth-order valence-electron chi connectivity index (χ4n) is 1.36. The maximum absolute atomic E-state index is 4.18. The third-order valence-corrected chi connectivity index (χ3v) is 2.15. The van der Waals surface area contributed by atoms with Crippen LogP contribution in [0.4, 0.5) is 0 Å². The van der Waals surface area contributed by atoms with E-state index >= 15 is 0 Å². The molecule has 1 aromatic heterocycles. The quantitative estimate of drug-likeness (QED) is 0.614. The maximum Gasteiger partial charge on any atom is 0.0675 e. The van der Waals surface area contributed by atoms with Crippen LogP contribution in [0.2, 0.25) is 0 Å². The fraction of sp³-hybridized carbons (Fsp3) is 0.417. The third kappa shape index (κ3) is 2.13. The molecule has 0 aromatic carbocycles. The van der Waals surface area contributed by atoms with Crippen molar-refractivity contribution in [2.75, 3.05) is 0 Å². The second kappa shape index (κ2) is 4.80. The summed E-state index contributed by atoms with van der Waals surface area (Å²) in [5.74, 6) is 0.525. The van der Waals surface area contributed by atoms with Crippen molar-refractivity contribution in [2.24, 2.45) is 13.0 Å². The first-order valence-electron chi connectivity index (χ1n) is 5.16. The molecule has 0 saturated heterocycles.